The molecule has 162 valence electrons. The van der Waals surface area contributed by atoms with Gasteiger partial charge in [0.2, 0.25) is 11.8 Å². The molecule has 6 heteroatoms. The van der Waals surface area contributed by atoms with E-state index in [-0.39, 0.29) is 22.6 Å². The summed E-state index contributed by atoms with van der Waals surface area (Å²) >= 11 is 3.31. The van der Waals surface area contributed by atoms with E-state index in [0.29, 0.717) is 11.5 Å². The van der Waals surface area contributed by atoms with Crippen molar-refractivity contribution in [2.75, 3.05) is 21.3 Å². The second-order valence-electron chi connectivity index (χ2n) is 8.20. The minimum atomic E-state index is -0.0379. The summed E-state index contributed by atoms with van der Waals surface area (Å²) in [5.74, 6) is 1.23. The van der Waals surface area contributed by atoms with E-state index in [9.17, 15) is 9.59 Å². The number of hydrogen-bond acceptors (Lipinski definition) is 4. The average Bonchev–Trinajstić information content (AvgIpc) is 3.36. The molecule has 3 aromatic carbocycles. The molecule has 2 aliphatic rings. The molecular formula is C26H24N2O2S2. The number of hydrogen-bond donors (Lipinski definition) is 0. The topological polar surface area (TPSA) is 40.6 Å². The van der Waals surface area contributed by atoms with Crippen LogP contribution in [0.15, 0.2) is 72.8 Å². The Bertz CT molecular complexity index is 1090. The fourth-order valence-electron chi connectivity index (χ4n) is 4.28. The van der Waals surface area contributed by atoms with Crippen LogP contribution in [0, 0.1) is 13.8 Å². The molecule has 0 aliphatic carbocycles. The van der Waals surface area contributed by atoms with Gasteiger partial charge in [-0.15, -0.1) is 23.5 Å². The molecule has 0 bridgehead atoms. The molecule has 0 N–H and O–H groups in total. The smallest absolute Gasteiger partial charge is 0.238 e. The second kappa shape index (κ2) is 8.68. The highest BCUT2D eigenvalue weighted by atomic mass is 32.2. The zero-order chi connectivity index (χ0) is 22.2. The van der Waals surface area contributed by atoms with Crippen LogP contribution in [0.3, 0.4) is 0 Å². The van der Waals surface area contributed by atoms with Crippen molar-refractivity contribution < 1.29 is 9.59 Å². The third-order valence-electron chi connectivity index (χ3n) is 5.80. The molecule has 32 heavy (non-hydrogen) atoms. The number of amides is 2. The van der Waals surface area contributed by atoms with Crippen molar-refractivity contribution in [2.45, 2.75) is 24.6 Å². The monoisotopic (exact) mass is 460 g/mol. The molecule has 2 amide bonds. The van der Waals surface area contributed by atoms with Gasteiger partial charge >= 0.3 is 0 Å². The number of thioether (sulfide) groups is 2. The van der Waals surface area contributed by atoms with E-state index in [4.69, 9.17) is 0 Å². The largest absolute Gasteiger partial charge is 0.295 e. The maximum absolute atomic E-state index is 12.7. The fourth-order valence-corrected chi connectivity index (χ4v) is 6.64. The minimum Gasteiger partial charge on any atom is -0.295 e. The highest BCUT2D eigenvalue weighted by Crippen LogP contribution is 2.44. The molecular weight excluding hydrogens is 436 g/mol. The fraction of sp³-hybridized carbons (Fsp3) is 0.231. The van der Waals surface area contributed by atoms with Crippen molar-refractivity contribution in [1.29, 1.82) is 0 Å². The first-order valence-electron chi connectivity index (χ1n) is 10.6. The van der Waals surface area contributed by atoms with Gasteiger partial charge in [0.15, 0.2) is 0 Å². The average molecular weight is 461 g/mol. The molecule has 5 rings (SSSR count). The van der Waals surface area contributed by atoms with E-state index in [0.717, 1.165) is 33.6 Å². The molecule has 2 saturated heterocycles. The maximum atomic E-state index is 12.7. The third kappa shape index (κ3) is 3.93. The lowest BCUT2D eigenvalue weighted by molar-refractivity contribution is -0.116. The van der Waals surface area contributed by atoms with Gasteiger partial charge in [-0.3, -0.25) is 19.4 Å². The van der Waals surface area contributed by atoms with Gasteiger partial charge in [0.1, 0.15) is 10.7 Å². The van der Waals surface area contributed by atoms with E-state index in [1.165, 1.54) is 0 Å². The van der Waals surface area contributed by atoms with Gasteiger partial charge in [-0.05, 0) is 60.4 Å². The zero-order valence-corrected chi connectivity index (χ0v) is 19.7. The van der Waals surface area contributed by atoms with Crippen LogP contribution in [0.1, 0.15) is 33.0 Å². The van der Waals surface area contributed by atoms with E-state index < -0.39 is 0 Å². The van der Waals surface area contributed by atoms with Crippen LogP contribution in [0.25, 0.3) is 0 Å². The van der Waals surface area contributed by atoms with Crippen LogP contribution >= 0.6 is 23.5 Å². The lowest BCUT2D eigenvalue weighted by atomic mass is 10.1. The number of nitrogens with zero attached hydrogens (tertiary/aromatic N) is 2. The Labute approximate surface area is 197 Å². The number of carbonyl (C=O) groups excluding carboxylic acids is 2. The van der Waals surface area contributed by atoms with Crippen LogP contribution < -0.4 is 9.80 Å². The van der Waals surface area contributed by atoms with Crippen molar-refractivity contribution in [3.63, 3.8) is 0 Å². The van der Waals surface area contributed by atoms with Crippen molar-refractivity contribution >= 4 is 46.7 Å². The third-order valence-corrected chi connectivity index (χ3v) is 8.23. The number of aryl methyl sites for hydroxylation is 2. The Hall–Kier alpha value is -2.70. The van der Waals surface area contributed by atoms with Crippen molar-refractivity contribution in [3.8, 4) is 0 Å². The Morgan fingerprint density at radius 1 is 0.656 bits per heavy atom. The summed E-state index contributed by atoms with van der Waals surface area (Å²) in [6.07, 6.45) is 0. The number of anilines is 2. The Morgan fingerprint density at radius 3 is 1.44 bits per heavy atom. The second-order valence-corrected chi connectivity index (χ2v) is 10.3. The SMILES string of the molecule is Cc1cccc(N2C(=O)CS[C@@H]2c2ccc([C@@H]3SCC(=O)N3c3cccc(C)c3)cc2)c1. The standard InChI is InChI=1S/C26H24N2O2S2/c1-17-5-3-7-21(13-17)27-23(29)15-31-25(27)19-9-11-20(12-10-19)26-28(24(30)16-32-26)22-8-4-6-18(2)14-22/h3-14,25-26H,15-16H2,1-2H3/t25-,26+. The van der Waals surface area contributed by atoms with Gasteiger partial charge in [0.25, 0.3) is 0 Å². The van der Waals surface area contributed by atoms with E-state index in [2.05, 4.69) is 36.4 Å². The Balaban J connectivity index is 1.42. The predicted molar refractivity (Wildman–Crippen MR) is 134 cm³/mol. The lowest BCUT2D eigenvalue weighted by Crippen LogP contribution is -2.28. The minimum absolute atomic E-state index is 0.0379. The number of carbonyl (C=O) groups is 2. The first-order valence-corrected chi connectivity index (χ1v) is 12.7. The molecule has 0 saturated carbocycles. The maximum Gasteiger partial charge on any atom is 0.238 e. The summed E-state index contributed by atoms with van der Waals surface area (Å²) < 4.78 is 0. The first-order chi connectivity index (χ1) is 15.5. The van der Waals surface area contributed by atoms with Gasteiger partial charge in [0, 0.05) is 11.4 Å². The van der Waals surface area contributed by atoms with Gasteiger partial charge in [0.05, 0.1) is 11.5 Å². The summed E-state index contributed by atoms with van der Waals surface area (Å²) in [6.45, 7) is 4.09. The zero-order valence-electron chi connectivity index (χ0n) is 18.0. The summed E-state index contributed by atoms with van der Waals surface area (Å²) in [6, 6.07) is 24.6. The van der Waals surface area contributed by atoms with Crippen molar-refractivity contribution in [1.82, 2.24) is 0 Å². The molecule has 0 spiro atoms. The van der Waals surface area contributed by atoms with Crippen LogP contribution in [-0.4, -0.2) is 23.3 Å². The lowest BCUT2D eigenvalue weighted by Gasteiger charge is -2.27. The first kappa shape index (κ1) is 21.2. The molecule has 2 heterocycles. The molecule has 4 nitrogen and oxygen atoms in total. The predicted octanol–water partition coefficient (Wildman–Crippen LogP) is 5.86. The van der Waals surface area contributed by atoms with Gasteiger partial charge < -0.3 is 0 Å². The van der Waals surface area contributed by atoms with Crippen molar-refractivity contribution in [2.24, 2.45) is 0 Å². The normalized spacial score (nSPS) is 20.9. The van der Waals surface area contributed by atoms with Crippen molar-refractivity contribution in [3.05, 3.63) is 95.1 Å². The van der Waals surface area contributed by atoms with Crippen LogP contribution in [0.4, 0.5) is 11.4 Å². The van der Waals surface area contributed by atoms with Gasteiger partial charge in [-0.1, -0.05) is 48.5 Å². The molecule has 3 aromatic rings. The van der Waals surface area contributed by atoms with E-state index in [1.807, 2.05) is 60.0 Å². The van der Waals surface area contributed by atoms with Gasteiger partial charge in [-0.25, -0.2) is 0 Å². The highest BCUT2D eigenvalue weighted by Gasteiger charge is 2.36. The molecule has 2 atom stereocenters. The molecule has 0 unspecified atom stereocenters. The van der Waals surface area contributed by atoms with Crippen LogP contribution in [0.2, 0.25) is 0 Å². The van der Waals surface area contributed by atoms with E-state index >= 15 is 0 Å². The number of rotatable bonds is 4. The summed E-state index contributed by atoms with van der Waals surface area (Å²) in [4.78, 5) is 29.1. The van der Waals surface area contributed by atoms with Crippen LogP contribution in [-0.2, 0) is 9.59 Å². The number of benzene rings is 3. The quantitative estimate of drug-likeness (QED) is 0.489. The molecule has 0 radical (unpaired) electrons. The summed E-state index contributed by atoms with van der Waals surface area (Å²) in [7, 11) is 0. The Kier molecular flexibility index (Phi) is 5.74. The summed E-state index contributed by atoms with van der Waals surface area (Å²) in [5.41, 5.74) is 6.36. The molecule has 2 fully saturated rings. The van der Waals surface area contributed by atoms with E-state index in [1.54, 1.807) is 23.5 Å². The molecule has 2 aliphatic heterocycles. The summed E-state index contributed by atoms with van der Waals surface area (Å²) in [5, 5.41) is -0.0758. The Morgan fingerprint density at radius 2 is 1.06 bits per heavy atom. The molecule has 0 aromatic heterocycles. The van der Waals surface area contributed by atoms with Gasteiger partial charge in [-0.2, -0.15) is 0 Å². The highest BCUT2D eigenvalue weighted by molar-refractivity contribution is 8.01. The van der Waals surface area contributed by atoms with Crippen LogP contribution in [0.5, 0.6) is 0 Å².